The average Bonchev–Trinajstić information content (AvgIpc) is 2.60. The number of halogens is 3. The van der Waals surface area contributed by atoms with E-state index in [9.17, 15) is 23.1 Å². The Bertz CT molecular complexity index is 490. The number of hydrogen-bond acceptors (Lipinski definition) is 2. The van der Waals surface area contributed by atoms with Crippen LogP contribution in [0.2, 0.25) is 0 Å². The third-order valence-corrected chi connectivity index (χ3v) is 3.01. The molecule has 0 saturated heterocycles. The first-order chi connectivity index (χ1) is 7.82. The molecule has 1 aliphatic rings. The molecule has 0 unspecified atom stereocenters. The van der Waals surface area contributed by atoms with Crippen LogP contribution in [0.15, 0.2) is 6.07 Å². The predicted octanol–water partition coefficient (Wildman–Crippen LogP) is 3.10. The second-order valence-corrected chi connectivity index (χ2v) is 4.19. The van der Waals surface area contributed by atoms with Crippen LogP contribution in [0.5, 0.6) is 5.75 Å². The quantitative estimate of drug-likeness (QED) is 0.771. The van der Waals surface area contributed by atoms with E-state index in [0.717, 1.165) is 6.92 Å². The van der Waals surface area contributed by atoms with Gasteiger partial charge in [-0.3, -0.25) is 4.79 Å². The zero-order valence-corrected chi connectivity index (χ0v) is 9.19. The van der Waals surface area contributed by atoms with Crippen LogP contribution >= 0.6 is 0 Å². The number of carbonyl (C=O) groups is 1. The minimum absolute atomic E-state index is 0.167. The summed E-state index contributed by atoms with van der Waals surface area (Å²) in [5.74, 6) is -1.32. The second kappa shape index (κ2) is 3.75. The molecule has 0 aliphatic heterocycles. The van der Waals surface area contributed by atoms with Gasteiger partial charge in [-0.05, 0) is 43.4 Å². The molecule has 1 aliphatic carbocycles. The number of fused-ring (bicyclic) bond motifs is 1. The van der Waals surface area contributed by atoms with Gasteiger partial charge < -0.3 is 5.11 Å². The van der Waals surface area contributed by atoms with Crippen LogP contribution in [0.4, 0.5) is 13.2 Å². The lowest BCUT2D eigenvalue weighted by atomic mass is 9.94. The zero-order chi connectivity index (χ0) is 12.8. The van der Waals surface area contributed by atoms with Crippen LogP contribution in [0, 0.1) is 0 Å². The first kappa shape index (κ1) is 12.0. The van der Waals surface area contributed by atoms with Gasteiger partial charge in [-0.1, -0.05) is 0 Å². The zero-order valence-electron chi connectivity index (χ0n) is 9.19. The Hall–Kier alpha value is -1.52. The maximum absolute atomic E-state index is 13.0. The summed E-state index contributed by atoms with van der Waals surface area (Å²) in [6.45, 7) is 1.03. The Morgan fingerprint density at radius 1 is 1.35 bits per heavy atom. The molecule has 0 radical (unpaired) electrons. The molecule has 0 fully saturated rings. The summed E-state index contributed by atoms with van der Waals surface area (Å²) in [6.07, 6.45) is -3.15. The van der Waals surface area contributed by atoms with Gasteiger partial charge in [-0.15, -0.1) is 0 Å². The van der Waals surface area contributed by atoms with Crippen LogP contribution in [-0.4, -0.2) is 10.9 Å². The van der Waals surface area contributed by atoms with Gasteiger partial charge in [-0.25, -0.2) is 0 Å². The van der Waals surface area contributed by atoms with Crippen LogP contribution in [0.25, 0.3) is 0 Å². The van der Waals surface area contributed by atoms with E-state index in [0.29, 0.717) is 24.8 Å². The number of alkyl halides is 3. The highest BCUT2D eigenvalue weighted by molar-refractivity contribution is 5.99. The van der Waals surface area contributed by atoms with Crippen LogP contribution in [0.1, 0.15) is 40.4 Å². The molecule has 0 saturated carbocycles. The number of aryl methyl sites for hydroxylation is 1. The molecule has 92 valence electrons. The van der Waals surface area contributed by atoms with Crippen molar-refractivity contribution in [1.29, 1.82) is 0 Å². The van der Waals surface area contributed by atoms with Crippen LogP contribution in [-0.2, 0) is 19.0 Å². The van der Waals surface area contributed by atoms with Crippen molar-refractivity contribution in [2.24, 2.45) is 0 Å². The predicted molar refractivity (Wildman–Crippen MR) is 55.1 cm³/mol. The molecule has 2 rings (SSSR count). The topological polar surface area (TPSA) is 37.3 Å². The first-order valence-corrected chi connectivity index (χ1v) is 5.28. The molecule has 0 bridgehead atoms. The van der Waals surface area contributed by atoms with Crippen molar-refractivity contribution in [3.63, 3.8) is 0 Å². The number of aromatic hydroxyl groups is 1. The number of phenols is 1. The standard InChI is InChI=1S/C12H11F3O2/c1-6(16)10-9(17)5-7-3-2-4-8(7)11(10)12(13,14)15/h5,17H,2-4H2,1H3. The van der Waals surface area contributed by atoms with E-state index < -0.39 is 28.8 Å². The van der Waals surface area contributed by atoms with Gasteiger partial charge in [0.15, 0.2) is 5.78 Å². The molecule has 1 N–H and O–H groups in total. The minimum atomic E-state index is -4.60. The summed E-state index contributed by atoms with van der Waals surface area (Å²) in [7, 11) is 0. The molecular formula is C12H11F3O2. The van der Waals surface area contributed by atoms with Gasteiger partial charge in [0.05, 0.1) is 11.1 Å². The van der Waals surface area contributed by atoms with Gasteiger partial charge in [0.1, 0.15) is 5.75 Å². The SMILES string of the molecule is CC(=O)c1c(O)cc2c(c1C(F)(F)F)CCC2. The van der Waals surface area contributed by atoms with Crippen molar-refractivity contribution in [3.05, 3.63) is 28.3 Å². The van der Waals surface area contributed by atoms with Crippen molar-refractivity contribution in [2.75, 3.05) is 0 Å². The Balaban J connectivity index is 2.80. The van der Waals surface area contributed by atoms with E-state index in [2.05, 4.69) is 0 Å². The average molecular weight is 244 g/mol. The molecule has 0 aromatic heterocycles. The fraction of sp³-hybridized carbons (Fsp3) is 0.417. The number of hydrogen-bond donors (Lipinski definition) is 1. The summed E-state index contributed by atoms with van der Waals surface area (Å²) in [6, 6.07) is 1.29. The van der Waals surface area contributed by atoms with E-state index in [1.165, 1.54) is 6.07 Å². The molecule has 2 nitrogen and oxygen atoms in total. The number of ketones is 1. The van der Waals surface area contributed by atoms with Gasteiger partial charge in [0.25, 0.3) is 0 Å². The maximum Gasteiger partial charge on any atom is 0.417 e. The highest BCUT2D eigenvalue weighted by Gasteiger charge is 2.40. The van der Waals surface area contributed by atoms with Gasteiger partial charge in [0.2, 0.25) is 0 Å². The van der Waals surface area contributed by atoms with Crippen molar-refractivity contribution >= 4 is 5.78 Å². The molecule has 0 spiro atoms. The third kappa shape index (κ3) is 1.90. The lowest BCUT2D eigenvalue weighted by Gasteiger charge is -2.17. The van der Waals surface area contributed by atoms with Gasteiger partial charge in [0, 0.05) is 0 Å². The van der Waals surface area contributed by atoms with Gasteiger partial charge in [-0.2, -0.15) is 13.2 Å². The largest absolute Gasteiger partial charge is 0.507 e. The summed E-state index contributed by atoms with van der Waals surface area (Å²) < 4.78 is 38.9. The van der Waals surface area contributed by atoms with Crippen molar-refractivity contribution in [2.45, 2.75) is 32.4 Å². The normalized spacial score (nSPS) is 14.8. The monoisotopic (exact) mass is 244 g/mol. The maximum atomic E-state index is 13.0. The van der Waals surface area contributed by atoms with Crippen LogP contribution in [0.3, 0.4) is 0 Å². The number of phenolic OH excluding ortho intramolecular Hbond substituents is 1. The highest BCUT2D eigenvalue weighted by Crippen LogP contribution is 2.42. The lowest BCUT2D eigenvalue weighted by molar-refractivity contribution is -0.138. The van der Waals surface area contributed by atoms with E-state index in [1.807, 2.05) is 0 Å². The molecule has 1 aromatic carbocycles. The van der Waals surface area contributed by atoms with Gasteiger partial charge >= 0.3 is 6.18 Å². The molecule has 0 atom stereocenters. The molecule has 0 heterocycles. The minimum Gasteiger partial charge on any atom is -0.507 e. The molecule has 5 heteroatoms. The molecule has 0 amide bonds. The second-order valence-electron chi connectivity index (χ2n) is 4.19. The number of benzene rings is 1. The molecule has 1 aromatic rings. The van der Waals surface area contributed by atoms with Crippen molar-refractivity contribution in [1.82, 2.24) is 0 Å². The van der Waals surface area contributed by atoms with E-state index in [4.69, 9.17) is 0 Å². The van der Waals surface area contributed by atoms with Crippen molar-refractivity contribution in [3.8, 4) is 5.75 Å². The fourth-order valence-electron chi connectivity index (χ4n) is 2.40. The Kier molecular flexibility index (Phi) is 2.64. The molecular weight excluding hydrogens is 233 g/mol. The highest BCUT2D eigenvalue weighted by atomic mass is 19.4. The fourth-order valence-corrected chi connectivity index (χ4v) is 2.40. The van der Waals surface area contributed by atoms with E-state index in [1.54, 1.807) is 0 Å². The number of carbonyl (C=O) groups excluding carboxylic acids is 1. The third-order valence-electron chi connectivity index (χ3n) is 3.01. The summed E-state index contributed by atoms with van der Waals surface area (Å²) in [4.78, 5) is 11.3. The first-order valence-electron chi connectivity index (χ1n) is 5.28. The summed E-state index contributed by atoms with van der Waals surface area (Å²) in [5, 5.41) is 9.57. The number of Topliss-reactive ketones (excluding diaryl/α,β-unsaturated/α-hetero) is 1. The Labute approximate surface area is 96.1 Å². The number of rotatable bonds is 1. The van der Waals surface area contributed by atoms with E-state index >= 15 is 0 Å². The Morgan fingerprint density at radius 2 is 2.00 bits per heavy atom. The molecule has 17 heavy (non-hydrogen) atoms. The lowest BCUT2D eigenvalue weighted by Crippen LogP contribution is -2.15. The summed E-state index contributed by atoms with van der Waals surface area (Å²) in [5.41, 5.74) is -0.879. The summed E-state index contributed by atoms with van der Waals surface area (Å²) >= 11 is 0. The Morgan fingerprint density at radius 3 is 2.53 bits per heavy atom. The smallest absolute Gasteiger partial charge is 0.417 e. The van der Waals surface area contributed by atoms with E-state index in [-0.39, 0.29) is 5.56 Å². The van der Waals surface area contributed by atoms with Crippen molar-refractivity contribution < 1.29 is 23.1 Å². The van der Waals surface area contributed by atoms with Crippen LogP contribution < -0.4 is 0 Å².